The average molecular weight is 402 g/mol. The molecule has 3 aromatic rings. The second-order valence-electron chi connectivity index (χ2n) is 7.59. The van der Waals surface area contributed by atoms with Crippen molar-refractivity contribution in [1.82, 2.24) is 15.1 Å². The first kappa shape index (κ1) is 20.0. The van der Waals surface area contributed by atoms with Crippen LogP contribution in [0.1, 0.15) is 25.7 Å². The van der Waals surface area contributed by atoms with Crippen LogP contribution in [0.15, 0.2) is 65.5 Å². The molecular formula is C24H26N4O2. The summed E-state index contributed by atoms with van der Waals surface area (Å²) in [5.74, 6) is 0.0185. The van der Waals surface area contributed by atoms with Crippen LogP contribution in [0.5, 0.6) is 0 Å². The molecule has 0 bridgehead atoms. The van der Waals surface area contributed by atoms with Crippen LogP contribution in [0.4, 0.5) is 5.69 Å². The van der Waals surface area contributed by atoms with Crippen molar-refractivity contribution < 1.29 is 4.79 Å². The summed E-state index contributed by atoms with van der Waals surface area (Å²) in [6.45, 7) is 3.17. The molecule has 6 heteroatoms. The van der Waals surface area contributed by atoms with Crippen LogP contribution in [-0.4, -0.2) is 40.6 Å². The minimum absolute atomic E-state index is 0.0185. The van der Waals surface area contributed by atoms with Gasteiger partial charge < -0.3 is 5.32 Å². The van der Waals surface area contributed by atoms with E-state index in [1.165, 1.54) is 0 Å². The topological polar surface area (TPSA) is 78.1 Å². The largest absolute Gasteiger partial charge is 0.326 e. The molecular weight excluding hydrogens is 376 g/mol. The lowest BCUT2D eigenvalue weighted by Gasteiger charge is -2.22. The summed E-state index contributed by atoms with van der Waals surface area (Å²) in [7, 11) is 0. The van der Waals surface area contributed by atoms with Gasteiger partial charge in [-0.2, -0.15) is 5.10 Å². The van der Waals surface area contributed by atoms with E-state index in [1.807, 2.05) is 42.5 Å². The highest BCUT2D eigenvalue weighted by Crippen LogP contribution is 2.26. The molecule has 0 radical (unpaired) electrons. The maximum atomic E-state index is 12.4. The third-order valence-electron chi connectivity index (χ3n) is 5.39. The second kappa shape index (κ2) is 9.50. The molecule has 2 heterocycles. The molecule has 1 aromatic heterocycles. The standard InChI is InChI=1S/C24H26N4O2/c29-22(13-4-7-16-28-14-5-1-6-15-28)25-19-10-8-9-18(17-19)23-20-11-2-3-12-21(20)24(30)27-26-23/h1-3,5,8-12,17H,4,6-7,13-16H2,(H,25,29)(H,27,30). The number of nitrogens with zero attached hydrogens (tertiary/aromatic N) is 2. The van der Waals surface area contributed by atoms with E-state index >= 15 is 0 Å². The summed E-state index contributed by atoms with van der Waals surface area (Å²) >= 11 is 0. The number of fused-ring (bicyclic) bond motifs is 1. The number of carbonyl (C=O) groups is 1. The zero-order valence-electron chi connectivity index (χ0n) is 16.9. The van der Waals surface area contributed by atoms with E-state index < -0.39 is 0 Å². The number of aromatic nitrogens is 2. The molecule has 4 rings (SSSR count). The Bertz CT molecular complexity index is 1120. The molecule has 0 spiro atoms. The molecule has 2 aromatic carbocycles. The number of H-pyrrole nitrogens is 1. The number of anilines is 1. The third kappa shape index (κ3) is 4.83. The summed E-state index contributed by atoms with van der Waals surface area (Å²) in [4.78, 5) is 26.8. The van der Waals surface area contributed by atoms with Crippen LogP contribution >= 0.6 is 0 Å². The molecule has 0 saturated heterocycles. The lowest BCUT2D eigenvalue weighted by atomic mass is 10.0. The van der Waals surface area contributed by atoms with E-state index in [9.17, 15) is 9.59 Å². The zero-order valence-corrected chi connectivity index (χ0v) is 16.9. The summed E-state index contributed by atoms with van der Waals surface area (Å²) in [5.41, 5.74) is 2.06. The summed E-state index contributed by atoms with van der Waals surface area (Å²) < 4.78 is 0. The molecule has 30 heavy (non-hydrogen) atoms. The van der Waals surface area contributed by atoms with Gasteiger partial charge in [-0.15, -0.1) is 0 Å². The Kier molecular flexibility index (Phi) is 6.35. The van der Waals surface area contributed by atoms with Gasteiger partial charge >= 0.3 is 0 Å². The van der Waals surface area contributed by atoms with Gasteiger partial charge in [-0.1, -0.05) is 42.5 Å². The number of nitrogens with one attached hydrogen (secondary N) is 2. The van der Waals surface area contributed by atoms with Crippen molar-refractivity contribution in [3.05, 3.63) is 71.0 Å². The lowest BCUT2D eigenvalue weighted by Crippen LogP contribution is -2.28. The van der Waals surface area contributed by atoms with Crippen LogP contribution in [0, 0.1) is 0 Å². The Labute approximate surface area is 175 Å². The number of aromatic amines is 1. The van der Waals surface area contributed by atoms with Gasteiger partial charge in [0.05, 0.1) is 11.1 Å². The molecule has 6 nitrogen and oxygen atoms in total. The van der Waals surface area contributed by atoms with Crippen molar-refractivity contribution >= 4 is 22.4 Å². The van der Waals surface area contributed by atoms with E-state index in [4.69, 9.17) is 0 Å². The summed E-state index contributed by atoms with van der Waals surface area (Å²) in [6.07, 6.45) is 7.96. The fourth-order valence-corrected chi connectivity index (χ4v) is 3.82. The van der Waals surface area contributed by atoms with Crippen molar-refractivity contribution in [2.45, 2.75) is 25.7 Å². The van der Waals surface area contributed by atoms with Gasteiger partial charge in [0.15, 0.2) is 0 Å². The van der Waals surface area contributed by atoms with Gasteiger partial charge in [0.1, 0.15) is 0 Å². The third-order valence-corrected chi connectivity index (χ3v) is 5.39. The van der Waals surface area contributed by atoms with E-state index in [0.29, 0.717) is 17.5 Å². The van der Waals surface area contributed by atoms with E-state index in [1.54, 1.807) is 6.07 Å². The Morgan fingerprint density at radius 1 is 1.07 bits per heavy atom. The smallest absolute Gasteiger partial charge is 0.272 e. The first-order valence-corrected chi connectivity index (χ1v) is 10.5. The Morgan fingerprint density at radius 2 is 1.93 bits per heavy atom. The molecule has 0 fully saturated rings. The number of benzene rings is 2. The minimum atomic E-state index is -0.209. The average Bonchev–Trinajstić information content (AvgIpc) is 2.78. The zero-order chi connectivity index (χ0) is 20.8. The molecule has 0 saturated carbocycles. The number of hydrogen-bond donors (Lipinski definition) is 2. The monoisotopic (exact) mass is 402 g/mol. The van der Waals surface area contributed by atoms with Gasteiger partial charge in [0, 0.05) is 36.1 Å². The number of unbranched alkanes of at least 4 members (excludes halogenated alkanes) is 1. The van der Waals surface area contributed by atoms with Gasteiger partial charge in [0.25, 0.3) is 5.56 Å². The van der Waals surface area contributed by atoms with Gasteiger partial charge in [0.2, 0.25) is 5.91 Å². The molecule has 0 atom stereocenters. The Morgan fingerprint density at radius 3 is 2.77 bits per heavy atom. The first-order valence-electron chi connectivity index (χ1n) is 10.5. The van der Waals surface area contributed by atoms with E-state index in [2.05, 4.69) is 32.6 Å². The van der Waals surface area contributed by atoms with E-state index in [0.717, 1.165) is 55.5 Å². The Hall–Kier alpha value is -3.25. The van der Waals surface area contributed by atoms with Gasteiger partial charge in [-0.05, 0) is 44.0 Å². The molecule has 1 aliphatic rings. The van der Waals surface area contributed by atoms with Gasteiger partial charge in [-0.3, -0.25) is 14.5 Å². The molecule has 154 valence electrons. The molecule has 2 N–H and O–H groups in total. The SMILES string of the molecule is O=C(CCCCN1CC=CCC1)Nc1cccc(-c2n[nH]c(=O)c3ccccc23)c1. The molecule has 0 aliphatic carbocycles. The number of amides is 1. The molecule has 0 unspecified atom stereocenters. The summed E-state index contributed by atoms with van der Waals surface area (Å²) in [5, 5.41) is 11.2. The molecule has 1 amide bonds. The molecule has 1 aliphatic heterocycles. The second-order valence-corrected chi connectivity index (χ2v) is 7.59. The van der Waals surface area contributed by atoms with Crippen LogP contribution in [0.3, 0.4) is 0 Å². The maximum Gasteiger partial charge on any atom is 0.272 e. The highest BCUT2D eigenvalue weighted by atomic mass is 16.1. The Balaban J connectivity index is 1.38. The van der Waals surface area contributed by atoms with Crippen LogP contribution in [-0.2, 0) is 4.79 Å². The van der Waals surface area contributed by atoms with Crippen LogP contribution in [0.25, 0.3) is 22.0 Å². The van der Waals surface area contributed by atoms with Crippen molar-refractivity contribution in [3.63, 3.8) is 0 Å². The highest BCUT2D eigenvalue weighted by molar-refractivity contribution is 5.95. The lowest BCUT2D eigenvalue weighted by molar-refractivity contribution is -0.116. The van der Waals surface area contributed by atoms with E-state index in [-0.39, 0.29) is 11.5 Å². The normalized spacial score (nSPS) is 14.1. The highest BCUT2D eigenvalue weighted by Gasteiger charge is 2.10. The van der Waals surface area contributed by atoms with Crippen molar-refractivity contribution in [2.75, 3.05) is 25.0 Å². The number of carbonyl (C=O) groups excluding carboxylic acids is 1. The summed E-state index contributed by atoms with van der Waals surface area (Å²) in [6, 6.07) is 15.0. The fourth-order valence-electron chi connectivity index (χ4n) is 3.82. The van der Waals surface area contributed by atoms with Crippen LogP contribution < -0.4 is 10.9 Å². The number of hydrogen-bond acceptors (Lipinski definition) is 4. The predicted molar refractivity (Wildman–Crippen MR) is 120 cm³/mol. The number of rotatable bonds is 7. The van der Waals surface area contributed by atoms with Crippen molar-refractivity contribution in [3.8, 4) is 11.3 Å². The predicted octanol–water partition coefficient (Wildman–Crippen LogP) is 3.96. The maximum absolute atomic E-state index is 12.4. The minimum Gasteiger partial charge on any atom is -0.326 e. The van der Waals surface area contributed by atoms with Crippen molar-refractivity contribution in [1.29, 1.82) is 0 Å². The first-order chi connectivity index (χ1) is 14.7. The fraction of sp³-hybridized carbons (Fsp3) is 0.292. The van der Waals surface area contributed by atoms with Crippen molar-refractivity contribution in [2.24, 2.45) is 0 Å². The quantitative estimate of drug-likeness (QED) is 0.463. The van der Waals surface area contributed by atoms with Crippen LogP contribution in [0.2, 0.25) is 0 Å². The van der Waals surface area contributed by atoms with Gasteiger partial charge in [-0.25, -0.2) is 5.10 Å².